The van der Waals surface area contributed by atoms with Gasteiger partial charge in [-0.15, -0.1) is 0 Å². The summed E-state index contributed by atoms with van der Waals surface area (Å²) in [6, 6.07) is 8.29. The van der Waals surface area contributed by atoms with Crippen molar-refractivity contribution in [2.24, 2.45) is 5.73 Å². The second-order valence-electron chi connectivity index (χ2n) is 3.82. The molecule has 0 aliphatic carbocycles. The highest BCUT2D eigenvalue weighted by Gasteiger charge is 2.17. The summed E-state index contributed by atoms with van der Waals surface area (Å²) in [4.78, 5) is 22.0. The Morgan fingerprint density at radius 2 is 1.88 bits per heavy atom. The minimum atomic E-state index is -1.07. The van der Waals surface area contributed by atoms with Gasteiger partial charge in [-0.3, -0.25) is 9.59 Å². The standard InChI is InChI=1S/C13H15NO3/c1-9(10-5-3-2-4-6-10)7-12(15)11(14)8-13(16)17/h2-6,11H,1,7-8,14H2,(H,16,17)/t11-/m0/s1. The molecule has 0 heterocycles. The van der Waals surface area contributed by atoms with Crippen molar-refractivity contribution in [2.75, 3.05) is 0 Å². The first-order chi connectivity index (χ1) is 8.00. The number of rotatable bonds is 6. The third-order valence-corrected chi connectivity index (χ3v) is 2.38. The van der Waals surface area contributed by atoms with Crippen molar-refractivity contribution < 1.29 is 14.7 Å². The van der Waals surface area contributed by atoms with E-state index in [0.29, 0.717) is 5.57 Å². The highest BCUT2D eigenvalue weighted by molar-refractivity contribution is 5.94. The number of nitrogens with two attached hydrogens (primary N) is 1. The molecule has 90 valence electrons. The predicted octanol–water partition coefficient (Wildman–Crippen LogP) is 1.46. The average Bonchev–Trinajstić information content (AvgIpc) is 2.29. The third kappa shape index (κ3) is 4.20. The summed E-state index contributed by atoms with van der Waals surface area (Å²) in [5.74, 6) is -1.38. The number of hydrogen-bond donors (Lipinski definition) is 2. The van der Waals surface area contributed by atoms with Gasteiger partial charge in [0, 0.05) is 6.42 Å². The Morgan fingerprint density at radius 1 is 1.29 bits per heavy atom. The highest BCUT2D eigenvalue weighted by Crippen LogP contribution is 2.16. The second kappa shape index (κ2) is 5.96. The van der Waals surface area contributed by atoms with Crippen LogP contribution in [0.15, 0.2) is 36.9 Å². The fraction of sp³-hybridized carbons (Fsp3) is 0.231. The molecule has 1 rings (SSSR count). The molecule has 0 aliphatic rings. The van der Waals surface area contributed by atoms with E-state index in [1.807, 2.05) is 30.3 Å². The summed E-state index contributed by atoms with van der Waals surface area (Å²) in [6.07, 6.45) is -0.265. The van der Waals surface area contributed by atoms with Gasteiger partial charge in [0.05, 0.1) is 12.5 Å². The van der Waals surface area contributed by atoms with Crippen LogP contribution >= 0.6 is 0 Å². The second-order valence-corrected chi connectivity index (χ2v) is 3.82. The normalized spacial score (nSPS) is 11.8. The minimum Gasteiger partial charge on any atom is -0.481 e. The summed E-state index contributed by atoms with van der Waals surface area (Å²) < 4.78 is 0. The molecule has 0 saturated carbocycles. The van der Waals surface area contributed by atoms with Gasteiger partial charge >= 0.3 is 5.97 Å². The van der Waals surface area contributed by atoms with Gasteiger partial charge in [-0.05, 0) is 11.1 Å². The summed E-state index contributed by atoms with van der Waals surface area (Å²) in [7, 11) is 0. The quantitative estimate of drug-likeness (QED) is 0.779. The van der Waals surface area contributed by atoms with Crippen LogP contribution < -0.4 is 5.73 Å². The number of carboxylic acids is 1. The number of ketones is 1. The van der Waals surface area contributed by atoms with Crippen LogP contribution in [0.4, 0.5) is 0 Å². The topological polar surface area (TPSA) is 80.4 Å². The zero-order valence-electron chi connectivity index (χ0n) is 9.43. The number of allylic oxidation sites excluding steroid dienone is 1. The lowest BCUT2D eigenvalue weighted by molar-refractivity contribution is -0.139. The van der Waals surface area contributed by atoms with Gasteiger partial charge in [0.15, 0.2) is 5.78 Å². The predicted molar refractivity (Wildman–Crippen MR) is 65.3 cm³/mol. The molecule has 0 bridgehead atoms. The summed E-state index contributed by atoms with van der Waals surface area (Å²) in [5, 5.41) is 8.53. The van der Waals surface area contributed by atoms with Crippen molar-refractivity contribution in [1.82, 2.24) is 0 Å². The monoisotopic (exact) mass is 233 g/mol. The number of carbonyl (C=O) groups excluding carboxylic acids is 1. The molecule has 0 aromatic heterocycles. The Morgan fingerprint density at radius 3 is 2.41 bits per heavy atom. The number of aliphatic carboxylic acids is 1. The van der Waals surface area contributed by atoms with E-state index < -0.39 is 12.0 Å². The van der Waals surface area contributed by atoms with Gasteiger partial charge in [0.2, 0.25) is 0 Å². The van der Waals surface area contributed by atoms with Crippen LogP contribution in [0.1, 0.15) is 18.4 Å². The zero-order valence-corrected chi connectivity index (χ0v) is 9.43. The molecule has 17 heavy (non-hydrogen) atoms. The van der Waals surface area contributed by atoms with Crippen LogP contribution in [-0.4, -0.2) is 22.9 Å². The fourth-order valence-corrected chi connectivity index (χ4v) is 1.42. The largest absolute Gasteiger partial charge is 0.481 e. The van der Waals surface area contributed by atoms with Crippen LogP contribution in [0, 0.1) is 0 Å². The van der Waals surface area contributed by atoms with Crippen molar-refractivity contribution in [1.29, 1.82) is 0 Å². The number of benzene rings is 1. The van der Waals surface area contributed by atoms with Crippen LogP contribution in [0.5, 0.6) is 0 Å². The molecule has 1 aromatic rings. The van der Waals surface area contributed by atoms with E-state index in [0.717, 1.165) is 5.56 Å². The van der Waals surface area contributed by atoms with Crippen LogP contribution in [0.25, 0.3) is 5.57 Å². The van der Waals surface area contributed by atoms with Crippen LogP contribution in [-0.2, 0) is 9.59 Å². The van der Waals surface area contributed by atoms with E-state index >= 15 is 0 Å². The molecule has 3 N–H and O–H groups in total. The maximum Gasteiger partial charge on any atom is 0.305 e. The maximum absolute atomic E-state index is 11.6. The fourth-order valence-electron chi connectivity index (χ4n) is 1.42. The molecule has 0 unspecified atom stereocenters. The van der Waals surface area contributed by atoms with Crippen LogP contribution in [0.3, 0.4) is 0 Å². The van der Waals surface area contributed by atoms with Gasteiger partial charge in [-0.2, -0.15) is 0 Å². The summed E-state index contributed by atoms with van der Waals surface area (Å²) >= 11 is 0. The molecule has 0 amide bonds. The summed E-state index contributed by atoms with van der Waals surface area (Å²) in [6.45, 7) is 3.80. The van der Waals surface area contributed by atoms with Gasteiger partial charge in [-0.25, -0.2) is 0 Å². The Kier molecular flexibility index (Phi) is 4.60. The first-order valence-electron chi connectivity index (χ1n) is 5.24. The lowest BCUT2D eigenvalue weighted by Gasteiger charge is -2.09. The molecule has 0 radical (unpaired) electrons. The smallest absolute Gasteiger partial charge is 0.305 e. The van der Waals surface area contributed by atoms with E-state index in [9.17, 15) is 9.59 Å². The van der Waals surface area contributed by atoms with Gasteiger partial charge in [0.25, 0.3) is 0 Å². The van der Waals surface area contributed by atoms with Crippen molar-refractivity contribution in [3.05, 3.63) is 42.5 Å². The molecule has 4 heteroatoms. The Bertz CT molecular complexity index is 426. The van der Waals surface area contributed by atoms with E-state index in [1.54, 1.807) is 0 Å². The van der Waals surface area contributed by atoms with Gasteiger partial charge in [0.1, 0.15) is 0 Å². The molecule has 1 atom stereocenters. The molecule has 0 saturated heterocycles. The van der Waals surface area contributed by atoms with Crippen molar-refractivity contribution in [3.8, 4) is 0 Å². The highest BCUT2D eigenvalue weighted by atomic mass is 16.4. The number of carbonyl (C=O) groups is 2. The molecular formula is C13H15NO3. The Hall–Kier alpha value is -1.94. The summed E-state index contributed by atoms with van der Waals surface area (Å²) in [5.41, 5.74) is 6.99. The minimum absolute atomic E-state index is 0.0818. The number of Topliss-reactive ketones (excluding diaryl/α,β-unsaturated/α-hetero) is 1. The zero-order chi connectivity index (χ0) is 12.8. The average molecular weight is 233 g/mol. The third-order valence-electron chi connectivity index (χ3n) is 2.38. The van der Waals surface area contributed by atoms with Gasteiger partial charge < -0.3 is 10.8 Å². The first-order valence-corrected chi connectivity index (χ1v) is 5.24. The number of carboxylic acid groups (broad SMARTS) is 1. The van der Waals surface area contributed by atoms with Crippen molar-refractivity contribution in [3.63, 3.8) is 0 Å². The van der Waals surface area contributed by atoms with Crippen LogP contribution in [0.2, 0.25) is 0 Å². The lowest BCUT2D eigenvalue weighted by Crippen LogP contribution is -2.32. The van der Waals surface area contributed by atoms with Crippen molar-refractivity contribution >= 4 is 17.3 Å². The Labute approximate surface area is 99.8 Å². The first kappa shape index (κ1) is 13.1. The molecular weight excluding hydrogens is 218 g/mol. The molecule has 0 aliphatic heterocycles. The lowest BCUT2D eigenvalue weighted by atomic mass is 9.98. The van der Waals surface area contributed by atoms with E-state index in [4.69, 9.17) is 10.8 Å². The number of hydrogen-bond acceptors (Lipinski definition) is 3. The van der Waals surface area contributed by atoms with E-state index in [-0.39, 0.29) is 18.6 Å². The van der Waals surface area contributed by atoms with Gasteiger partial charge in [-0.1, -0.05) is 36.9 Å². The molecule has 1 aromatic carbocycles. The van der Waals surface area contributed by atoms with E-state index in [1.165, 1.54) is 0 Å². The SMILES string of the molecule is C=C(CC(=O)[C@@H](N)CC(=O)O)c1ccccc1. The van der Waals surface area contributed by atoms with E-state index in [2.05, 4.69) is 6.58 Å². The Balaban J connectivity index is 2.58. The molecule has 0 spiro atoms. The maximum atomic E-state index is 11.6. The molecule has 4 nitrogen and oxygen atoms in total. The molecule has 0 fully saturated rings. The van der Waals surface area contributed by atoms with Crippen molar-refractivity contribution in [2.45, 2.75) is 18.9 Å².